The van der Waals surface area contributed by atoms with E-state index < -0.39 is 0 Å². The predicted molar refractivity (Wildman–Crippen MR) is 98.8 cm³/mol. The summed E-state index contributed by atoms with van der Waals surface area (Å²) in [5.74, 6) is 0.0466. The van der Waals surface area contributed by atoms with Crippen LogP contribution in [0.25, 0.3) is 0 Å². The first kappa shape index (κ1) is 21.9. The van der Waals surface area contributed by atoms with Crippen molar-refractivity contribution < 1.29 is 30.8 Å². The van der Waals surface area contributed by atoms with Crippen LogP contribution in [0, 0.1) is 0 Å². The molecule has 0 radical (unpaired) electrons. The third-order valence-electron chi connectivity index (χ3n) is 3.57. The van der Waals surface area contributed by atoms with Crippen LogP contribution in [0.2, 0.25) is 0 Å². The van der Waals surface area contributed by atoms with Crippen molar-refractivity contribution in [2.24, 2.45) is 0 Å². The molecule has 0 amide bonds. The molecule has 6 heteroatoms. The van der Waals surface area contributed by atoms with Gasteiger partial charge in [-0.15, -0.1) is 0 Å². The van der Waals surface area contributed by atoms with Crippen LogP contribution in [0.5, 0.6) is 0 Å². The van der Waals surface area contributed by atoms with Crippen LogP contribution in [0.15, 0.2) is 72.2 Å². The van der Waals surface area contributed by atoms with Crippen molar-refractivity contribution in [3.8, 4) is 0 Å². The predicted octanol–water partition coefficient (Wildman–Crippen LogP) is 2.12. The molecule has 2 aliphatic rings. The van der Waals surface area contributed by atoms with Gasteiger partial charge in [0.25, 0.3) is 0 Å². The van der Waals surface area contributed by atoms with Crippen molar-refractivity contribution in [2.45, 2.75) is 12.8 Å². The molecule has 0 saturated carbocycles. The molecular weight excluding hydrogens is 375 g/mol. The number of rotatable bonds is 10. The van der Waals surface area contributed by atoms with Gasteiger partial charge in [0.2, 0.25) is 0 Å². The van der Waals surface area contributed by atoms with Gasteiger partial charge < -0.3 is 15.4 Å². The zero-order valence-corrected chi connectivity index (χ0v) is 15.5. The van der Waals surface area contributed by atoms with E-state index in [1.165, 1.54) is 0 Å². The van der Waals surface area contributed by atoms with Crippen LogP contribution in [-0.4, -0.2) is 37.9 Å². The average Bonchev–Trinajstić information content (AvgIpc) is 2.62. The molecule has 0 spiro atoms. The summed E-state index contributed by atoms with van der Waals surface area (Å²) in [6, 6.07) is 0. The Morgan fingerprint density at radius 1 is 0.731 bits per heavy atom. The monoisotopic (exact) mass is 398 g/mol. The molecule has 0 heterocycles. The van der Waals surface area contributed by atoms with Crippen molar-refractivity contribution in [3.05, 3.63) is 72.2 Å². The van der Waals surface area contributed by atoms with E-state index in [9.17, 15) is 9.59 Å². The normalized spacial score (nSPS) is 18.5. The molecule has 5 nitrogen and oxygen atoms in total. The Hall–Kier alpha value is -2.17. The standard InChI is InChI=1S/C20H24N2O3.Ni/c23-19-9-3-1-7-17(19)15-21-11-5-13-25-14-6-12-22-16-18-8-2-4-10-20(18)24;/h1-4,7-10,15-16,21-22H,5-6,11-14H2;/b17-15-,18-16-;. The second kappa shape index (κ2) is 13.1. The zero-order chi connectivity index (χ0) is 17.7. The van der Waals surface area contributed by atoms with Crippen LogP contribution in [0.1, 0.15) is 12.8 Å². The van der Waals surface area contributed by atoms with E-state index in [2.05, 4.69) is 10.6 Å². The molecule has 2 rings (SSSR count). The fraction of sp³-hybridized carbons (Fsp3) is 0.300. The van der Waals surface area contributed by atoms with Crippen LogP contribution in [-0.2, 0) is 30.8 Å². The summed E-state index contributed by atoms with van der Waals surface area (Å²) >= 11 is 0. The van der Waals surface area contributed by atoms with E-state index in [0.717, 1.165) is 25.9 Å². The first-order valence-corrected chi connectivity index (χ1v) is 8.50. The molecule has 0 saturated heterocycles. The van der Waals surface area contributed by atoms with Crippen LogP contribution < -0.4 is 10.6 Å². The smallest absolute Gasteiger partial charge is 0.187 e. The van der Waals surface area contributed by atoms with E-state index in [1.54, 1.807) is 48.9 Å². The SMILES string of the molecule is O=C1C=CC=C/C1=C/NCCCOCCCN/C=C1/C=CC=CC1=O.[Ni]. The molecular formula is C20H24N2NiO3. The van der Waals surface area contributed by atoms with Gasteiger partial charge in [0.05, 0.1) is 0 Å². The second-order valence-electron chi connectivity index (χ2n) is 5.59. The van der Waals surface area contributed by atoms with Gasteiger partial charge in [0, 0.05) is 66.3 Å². The molecule has 0 aromatic carbocycles. The van der Waals surface area contributed by atoms with Gasteiger partial charge in [0.1, 0.15) is 0 Å². The Kier molecular flexibility index (Phi) is 11.0. The van der Waals surface area contributed by atoms with Gasteiger partial charge >= 0.3 is 0 Å². The number of carbonyl (C=O) groups is 2. The number of nitrogens with one attached hydrogen (secondary N) is 2. The van der Waals surface area contributed by atoms with Gasteiger partial charge in [-0.3, -0.25) is 9.59 Å². The third kappa shape index (κ3) is 8.28. The molecule has 0 bridgehead atoms. The molecule has 0 aromatic heterocycles. The van der Waals surface area contributed by atoms with E-state index in [4.69, 9.17) is 4.74 Å². The minimum Gasteiger partial charge on any atom is -0.390 e. The largest absolute Gasteiger partial charge is 0.390 e. The van der Waals surface area contributed by atoms with Crippen molar-refractivity contribution in [3.63, 3.8) is 0 Å². The van der Waals surface area contributed by atoms with E-state index in [0.29, 0.717) is 24.4 Å². The fourth-order valence-electron chi connectivity index (χ4n) is 2.22. The minimum absolute atomic E-state index is 0. The van der Waals surface area contributed by atoms with E-state index in [-0.39, 0.29) is 28.1 Å². The maximum absolute atomic E-state index is 11.5. The number of carbonyl (C=O) groups excluding carboxylic acids is 2. The summed E-state index contributed by atoms with van der Waals surface area (Å²) in [6.45, 7) is 2.88. The first-order chi connectivity index (χ1) is 12.3. The number of allylic oxidation sites excluding steroid dienone is 10. The molecule has 0 aromatic rings. The van der Waals surface area contributed by atoms with Gasteiger partial charge in [0.15, 0.2) is 11.6 Å². The summed E-state index contributed by atoms with van der Waals surface area (Å²) in [5.41, 5.74) is 1.34. The molecule has 0 aliphatic heterocycles. The van der Waals surface area contributed by atoms with Gasteiger partial charge in [-0.05, 0) is 37.1 Å². The molecule has 0 atom stereocenters. The summed E-state index contributed by atoms with van der Waals surface area (Å²) in [4.78, 5) is 23.0. The van der Waals surface area contributed by atoms with Crippen LogP contribution >= 0.6 is 0 Å². The van der Waals surface area contributed by atoms with Crippen LogP contribution in [0.4, 0.5) is 0 Å². The molecule has 2 aliphatic carbocycles. The number of hydrogen-bond acceptors (Lipinski definition) is 5. The van der Waals surface area contributed by atoms with Crippen molar-refractivity contribution in [1.29, 1.82) is 0 Å². The Bertz CT molecular complexity index is 602. The average molecular weight is 399 g/mol. The third-order valence-corrected chi connectivity index (χ3v) is 3.57. The van der Waals surface area contributed by atoms with Gasteiger partial charge in [-0.25, -0.2) is 0 Å². The van der Waals surface area contributed by atoms with Crippen molar-refractivity contribution in [1.82, 2.24) is 10.6 Å². The Labute approximate surface area is 164 Å². The van der Waals surface area contributed by atoms with Gasteiger partial charge in [-0.2, -0.15) is 0 Å². The maximum Gasteiger partial charge on any atom is 0.187 e. The second-order valence-corrected chi connectivity index (χ2v) is 5.59. The Balaban J connectivity index is 0.00000338. The molecule has 0 unspecified atom stereocenters. The first-order valence-electron chi connectivity index (χ1n) is 8.50. The molecule has 26 heavy (non-hydrogen) atoms. The molecule has 142 valence electrons. The van der Waals surface area contributed by atoms with E-state index >= 15 is 0 Å². The zero-order valence-electron chi connectivity index (χ0n) is 14.6. The van der Waals surface area contributed by atoms with E-state index in [1.807, 2.05) is 12.2 Å². The summed E-state index contributed by atoms with van der Waals surface area (Å²) in [5, 5.41) is 6.25. The minimum atomic E-state index is 0. The van der Waals surface area contributed by atoms with Crippen molar-refractivity contribution in [2.75, 3.05) is 26.3 Å². The number of hydrogen-bond donors (Lipinski definition) is 2. The summed E-state index contributed by atoms with van der Waals surface area (Å²) in [6.07, 6.45) is 19.1. The molecule has 2 N–H and O–H groups in total. The maximum atomic E-state index is 11.5. The fourth-order valence-corrected chi connectivity index (χ4v) is 2.22. The Morgan fingerprint density at radius 2 is 1.15 bits per heavy atom. The number of ketones is 2. The summed E-state index contributed by atoms with van der Waals surface area (Å²) in [7, 11) is 0. The quantitative estimate of drug-likeness (QED) is 0.335. The molecule has 0 fully saturated rings. The number of ether oxygens (including phenoxy) is 1. The summed E-state index contributed by atoms with van der Waals surface area (Å²) < 4.78 is 5.55. The van der Waals surface area contributed by atoms with Crippen LogP contribution in [0.3, 0.4) is 0 Å². The van der Waals surface area contributed by atoms with Crippen molar-refractivity contribution >= 4 is 11.6 Å². The van der Waals surface area contributed by atoms with Gasteiger partial charge in [-0.1, -0.05) is 24.3 Å². The Morgan fingerprint density at radius 3 is 1.58 bits per heavy atom. The topological polar surface area (TPSA) is 67.4 Å².